The summed E-state index contributed by atoms with van der Waals surface area (Å²) >= 11 is 0. The molecule has 108 valence electrons. The van der Waals surface area contributed by atoms with Gasteiger partial charge in [-0.25, -0.2) is 0 Å². The quantitative estimate of drug-likeness (QED) is 0.566. The number of ketones is 1. The fourth-order valence-electron chi connectivity index (χ4n) is 2.41. The molecule has 0 heterocycles. The molecule has 0 bridgehead atoms. The summed E-state index contributed by atoms with van der Waals surface area (Å²) in [5.41, 5.74) is 2.08. The van der Waals surface area contributed by atoms with Crippen molar-refractivity contribution in [2.75, 3.05) is 0 Å². The molecule has 3 aromatic rings. The monoisotopic (exact) mass is 290 g/mol. The number of para-hydroxylation sites is 1. The first-order valence-corrected chi connectivity index (χ1v) is 6.88. The van der Waals surface area contributed by atoms with E-state index in [1.165, 1.54) is 6.07 Å². The summed E-state index contributed by atoms with van der Waals surface area (Å²) in [5, 5.41) is 19.7. The second-order valence-corrected chi connectivity index (χ2v) is 4.91. The van der Waals surface area contributed by atoms with Crippen LogP contribution in [-0.4, -0.2) is 16.0 Å². The smallest absolute Gasteiger partial charge is 0.193 e. The van der Waals surface area contributed by atoms with Crippen molar-refractivity contribution in [2.24, 2.45) is 0 Å². The van der Waals surface area contributed by atoms with Gasteiger partial charge in [0.05, 0.1) is 0 Å². The van der Waals surface area contributed by atoms with Gasteiger partial charge in [-0.15, -0.1) is 0 Å². The maximum Gasteiger partial charge on any atom is 0.193 e. The van der Waals surface area contributed by atoms with Crippen molar-refractivity contribution in [1.29, 1.82) is 0 Å². The summed E-state index contributed by atoms with van der Waals surface area (Å²) in [7, 11) is 0. The van der Waals surface area contributed by atoms with Crippen LogP contribution in [0.2, 0.25) is 0 Å². The number of aromatic hydroxyl groups is 2. The fraction of sp³-hybridized carbons (Fsp3) is 0. The molecule has 22 heavy (non-hydrogen) atoms. The standard InChI is InChI=1S/C19H14O3/c20-17-12-6-11-16(19(17)22)14-9-4-5-10-15(14)18(21)13-7-2-1-3-8-13/h1-12,20,22H. The predicted octanol–water partition coefficient (Wildman–Crippen LogP) is 4.00. The van der Waals surface area contributed by atoms with E-state index >= 15 is 0 Å². The third-order valence-electron chi connectivity index (χ3n) is 3.51. The van der Waals surface area contributed by atoms with Crippen LogP contribution >= 0.6 is 0 Å². The molecule has 0 saturated heterocycles. The van der Waals surface area contributed by atoms with Crippen LogP contribution in [0.25, 0.3) is 11.1 Å². The zero-order valence-electron chi connectivity index (χ0n) is 11.7. The number of hydrogen-bond acceptors (Lipinski definition) is 3. The molecule has 3 aromatic carbocycles. The Bertz CT molecular complexity index is 823. The van der Waals surface area contributed by atoms with Crippen LogP contribution in [0.5, 0.6) is 11.5 Å². The summed E-state index contributed by atoms with van der Waals surface area (Å²) < 4.78 is 0. The van der Waals surface area contributed by atoms with Crippen molar-refractivity contribution in [2.45, 2.75) is 0 Å². The van der Waals surface area contributed by atoms with Crippen molar-refractivity contribution >= 4 is 5.78 Å². The molecular formula is C19H14O3. The van der Waals surface area contributed by atoms with Crippen LogP contribution < -0.4 is 0 Å². The molecule has 3 rings (SSSR count). The largest absolute Gasteiger partial charge is 0.504 e. The van der Waals surface area contributed by atoms with Crippen LogP contribution in [0.3, 0.4) is 0 Å². The minimum atomic E-state index is -0.226. The Morgan fingerprint density at radius 1 is 0.682 bits per heavy atom. The number of benzene rings is 3. The van der Waals surface area contributed by atoms with Gasteiger partial charge in [0.1, 0.15) is 0 Å². The van der Waals surface area contributed by atoms with Crippen molar-refractivity contribution in [3.63, 3.8) is 0 Å². The van der Waals surface area contributed by atoms with E-state index in [0.29, 0.717) is 22.3 Å². The lowest BCUT2D eigenvalue weighted by atomic mass is 9.93. The van der Waals surface area contributed by atoms with Gasteiger partial charge in [-0.3, -0.25) is 4.79 Å². The molecule has 3 heteroatoms. The zero-order chi connectivity index (χ0) is 15.5. The van der Waals surface area contributed by atoms with Gasteiger partial charge in [0.25, 0.3) is 0 Å². The van der Waals surface area contributed by atoms with E-state index in [0.717, 1.165) is 0 Å². The minimum absolute atomic E-state index is 0.126. The first kappa shape index (κ1) is 13.9. The van der Waals surface area contributed by atoms with E-state index in [-0.39, 0.29) is 17.3 Å². The molecule has 0 aliphatic rings. The average molecular weight is 290 g/mol. The SMILES string of the molecule is O=C(c1ccccc1)c1ccccc1-c1cccc(O)c1O. The molecule has 0 fully saturated rings. The van der Waals surface area contributed by atoms with Gasteiger partial charge < -0.3 is 10.2 Å². The Morgan fingerprint density at radius 2 is 1.32 bits per heavy atom. The fourth-order valence-corrected chi connectivity index (χ4v) is 2.41. The Balaban J connectivity index is 2.16. The number of phenols is 2. The van der Waals surface area contributed by atoms with Gasteiger partial charge in [0, 0.05) is 16.7 Å². The first-order valence-electron chi connectivity index (χ1n) is 6.88. The van der Waals surface area contributed by atoms with Crippen molar-refractivity contribution < 1.29 is 15.0 Å². The Kier molecular flexibility index (Phi) is 3.62. The summed E-state index contributed by atoms with van der Waals surface area (Å²) in [6, 6.07) is 20.7. The summed E-state index contributed by atoms with van der Waals surface area (Å²) in [5.74, 6) is -0.561. The Labute approximate surface area is 128 Å². The molecule has 0 aliphatic heterocycles. The normalized spacial score (nSPS) is 10.4. The van der Waals surface area contributed by atoms with Crippen LogP contribution in [0.1, 0.15) is 15.9 Å². The van der Waals surface area contributed by atoms with Crippen molar-refractivity contribution in [3.8, 4) is 22.6 Å². The average Bonchev–Trinajstić information content (AvgIpc) is 2.57. The molecule has 0 spiro atoms. The molecule has 3 nitrogen and oxygen atoms in total. The zero-order valence-corrected chi connectivity index (χ0v) is 11.7. The molecule has 0 unspecified atom stereocenters. The second-order valence-electron chi connectivity index (χ2n) is 4.91. The summed E-state index contributed by atoms with van der Waals surface area (Å²) in [6.45, 7) is 0. The van der Waals surface area contributed by atoms with Gasteiger partial charge >= 0.3 is 0 Å². The Morgan fingerprint density at radius 3 is 2.09 bits per heavy atom. The molecule has 0 saturated carbocycles. The van der Waals surface area contributed by atoms with Gasteiger partial charge in [-0.1, -0.05) is 66.7 Å². The third-order valence-corrected chi connectivity index (χ3v) is 3.51. The van der Waals surface area contributed by atoms with E-state index < -0.39 is 0 Å². The van der Waals surface area contributed by atoms with Gasteiger partial charge in [0.2, 0.25) is 0 Å². The van der Waals surface area contributed by atoms with Crippen LogP contribution in [0, 0.1) is 0 Å². The second kappa shape index (κ2) is 5.74. The molecule has 0 amide bonds. The maximum atomic E-state index is 12.7. The van der Waals surface area contributed by atoms with Gasteiger partial charge in [0.15, 0.2) is 17.3 Å². The third kappa shape index (κ3) is 2.44. The molecule has 0 aliphatic carbocycles. The van der Waals surface area contributed by atoms with E-state index in [2.05, 4.69) is 0 Å². The number of phenolic OH excluding ortho intramolecular Hbond substituents is 2. The van der Waals surface area contributed by atoms with E-state index in [4.69, 9.17) is 0 Å². The number of hydrogen-bond donors (Lipinski definition) is 2. The summed E-state index contributed by atoms with van der Waals surface area (Å²) in [6.07, 6.45) is 0. The lowest BCUT2D eigenvalue weighted by Crippen LogP contribution is -2.03. The molecular weight excluding hydrogens is 276 g/mol. The molecule has 0 atom stereocenters. The lowest BCUT2D eigenvalue weighted by Gasteiger charge is -2.11. The van der Waals surface area contributed by atoms with Crippen LogP contribution in [0.4, 0.5) is 0 Å². The highest BCUT2D eigenvalue weighted by atomic mass is 16.3. The van der Waals surface area contributed by atoms with Gasteiger partial charge in [-0.2, -0.15) is 0 Å². The molecule has 0 aromatic heterocycles. The van der Waals surface area contributed by atoms with Crippen LogP contribution in [0.15, 0.2) is 72.8 Å². The summed E-state index contributed by atoms with van der Waals surface area (Å²) in [4.78, 5) is 12.7. The number of rotatable bonds is 3. The van der Waals surface area contributed by atoms with E-state index in [9.17, 15) is 15.0 Å². The minimum Gasteiger partial charge on any atom is -0.504 e. The van der Waals surface area contributed by atoms with E-state index in [1.807, 2.05) is 18.2 Å². The lowest BCUT2D eigenvalue weighted by molar-refractivity contribution is 0.103. The highest BCUT2D eigenvalue weighted by Gasteiger charge is 2.17. The maximum absolute atomic E-state index is 12.7. The topological polar surface area (TPSA) is 57.5 Å². The first-order chi connectivity index (χ1) is 10.7. The Hall–Kier alpha value is -3.07. The van der Waals surface area contributed by atoms with Crippen molar-refractivity contribution in [1.82, 2.24) is 0 Å². The molecule has 2 N–H and O–H groups in total. The number of carbonyl (C=O) groups excluding carboxylic acids is 1. The van der Waals surface area contributed by atoms with Crippen molar-refractivity contribution in [3.05, 3.63) is 83.9 Å². The predicted molar refractivity (Wildman–Crippen MR) is 85.1 cm³/mol. The number of carbonyl (C=O) groups is 1. The van der Waals surface area contributed by atoms with Gasteiger partial charge in [-0.05, 0) is 11.6 Å². The molecule has 0 radical (unpaired) electrons. The van der Waals surface area contributed by atoms with E-state index in [1.54, 1.807) is 48.5 Å². The highest BCUT2D eigenvalue weighted by molar-refractivity contribution is 6.13. The van der Waals surface area contributed by atoms with Crippen LogP contribution in [-0.2, 0) is 0 Å². The highest BCUT2D eigenvalue weighted by Crippen LogP contribution is 2.38.